The molecule has 0 aromatic carbocycles. The number of aldehydes is 1. The number of rotatable bonds is 4. The van der Waals surface area contributed by atoms with E-state index >= 15 is 0 Å². The molecule has 60 valence electrons. The summed E-state index contributed by atoms with van der Waals surface area (Å²) >= 11 is 0. The molecule has 11 heavy (non-hydrogen) atoms. The second kappa shape index (κ2) is 5.41. The van der Waals surface area contributed by atoms with Gasteiger partial charge in [0.05, 0.1) is 5.57 Å². The Bertz CT molecular complexity index is 192. The first-order chi connectivity index (χ1) is 5.26. The predicted molar refractivity (Wildman–Crippen MR) is 41.0 cm³/mol. The largest absolute Gasteiger partial charge is 0.454 e. The quantitative estimate of drug-likeness (QED) is 0.261. The van der Waals surface area contributed by atoms with Crippen molar-refractivity contribution < 1.29 is 14.3 Å². The summed E-state index contributed by atoms with van der Waals surface area (Å²) in [5.74, 6) is -0.519. The Morgan fingerprint density at radius 1 is 1.64 bits per heavy atom. The van der Waals surface area contributed by atoms with Crippen molar-refractivity contribution in [1.82, 2.24) is 0 Å². The van der Waals surface area contributed by atoms with Crippen LogP contribution in [0.5, 0.6) is 0 Å². The van der Waals surface area contributed by atoms with Gasteiger partial charge < -0.3 is 4.74 Å². The van der Waals surface area contributed by atoms with Crippen LogP contribution in [0.3, 0.4) is 0 Å². The summed E-state index contributed by atoms with van der Waals surface area (Å²) in [7, 11) is 0. The minimum atomic E-state index is -0.519. The van der Waals surface area contributed by atoms with Gasteiger partial charge in [-0.3, -0.25) is 4.79 Å². The highest BCUT2D eigenvalue weighted by Crippen LogP contribution is 1.97. The van der Waals surface area contributed by atoms with Crippen LogP contribution >= 0.6 is 0 Å². The van der Waals surface area contributed by atoms with Crippen molar-refractivity contribution in [2.75, 3.05) is 6.61 Å². The number of carbonyl (C=O) groups is 2. The average molecular weight is 154 g/mol. The molecule has 0 radical (unpaired) electrons. The first-order valence-corrected chi connectivity index (χ1v) is 3.15. The van der Waals surface area contributed by atoms with Gasteiger partial charge in [-0.25, -0.2) is 4.79 Å². The molecule has 0 N–H and O–H groups in total. The molecule has 0 amide bonds. The number of hydrogen-bond acceptors (Lipinski definition) is 3. The molecule has 3 heteroatoms. The predicted octanol–water partition coefficient (Wildman–Crippen LogP) is 0.861. The number of ether oxygens (including phenoxy) is 1. The Morgan fingerprint density at radius 2 is 2.27 bits per heavy atom. The number of allylic oxidation sites excluding steroid dienone is 1. The number of carbonyl (C=O) groups excluding carboxylic acids is 2. The molecule has 0 aliphatic heterocycles. The SMILES string of the molecule is C=CC(=CC)C(=O)OCC=O. The van der Waals surface area contributed by atoms with Crippen molar-refractivity contribution in [3.8, 4) is 0 Å². The van der Waals surface area contributed by atoms with Crippen molar-refractivity contribution >= 4 is 12.3 Å². The average Bonchev–Trinajstić information content (AvgIpc) is 2.03. The van der Waals surface area contributed by atoms with E-state index in [0.717, 1.165) is 0 Å². The van der Waals surface area contributed by atoms with Crippen LogP contribution in [-0.2, 0) is 14.3 Å². The zero-order valence-electron chi connectivity index (χ0n) is 6.37. The molecule has 0 rings (SSSR count). The Labute approximate surface area is 65.4 Å². The molecule has 0 saturated heterocycles. The van der Waals surface area contributed by atoms with E-state index in [0.29, 0.717) is 11.9 Å². The third kappa shape index (κ3) is 3.35. The van der Waals surface area contributed by atoms with E-state index in [4.69, 9.17) is 0 Å². The Hall–Kier alpha value is -1.38. The lowest BCUT2D eigenvalue weighted by Crippen LogP contribution is -2.07. The molecule has 0 saturated carbocycles. The zero-order chi connectivity index (χ0) is 8.69. The fraction of sp³-hybridized carbons (Fsp3) is 0.250. The third-order valence-electron chi connectivity index (χ3n) is 1.05. The summed E-state index contributed by atoms with van der Waals surface area (Å²) < 4.78 is 4.49. The van der Waals surface area contributed by atoms with Crippen LogP contribution in [0.1, 0.15) is 6.92 Å². The van der Waals surface area contributed by atoms with Crippen LogP contribution in [0.2, 0.25) is 0 Å². The summed E-state index contributed by atoms with van der Waals surface area (Å²) in [5, 5.41) is 0. The maximum absolute atomic E-state index is 10.8. The molecule has 0 unspecified atom stereocenters. The van der Waals surface area contributed by atoms with Crippen molar-refractivity contribution in [2.24, 2.45) is 0 Å². The van der Waals surface area contributed by atoms with E-state index in [1.807, 2.05) is 0 Å². The standard InChI is InChI=1S/C8H10O3/c1-3-7(4-2)8(10)11-6-5-9/h3-5H,1,6H2,2H3. The Kier molecular flexibility index (Phi) is 4.73. The molecular weight excluding hydrogens is 144 g/mol. The zero-order valence-corrected chi connectivity index (χ0v) is 6.37. The minimum absolute atomic E-state index is 0.204. The molecule has 0 bridgehead atoms. The van der Waals surface area contributed by atoms with Gasteiger partial charge in [0.15, 0.2) is 6.29 Å². The molecule has 0 atom stereocenters. The van der Waals surface area contributed by atoms with Crippen molar-refractivity contribution in [1.29, 1.82) is 0 Å². The highest BCUT2D eigenvalue weighted by molar-refractivity contribution is 5.91. The summed E-state index contributed by atoms with van der Waals surface area (Å²) in [6, 6.07) is 0. The molecule has 0 aliphatic rings. The smallest absolute Gasteiger partial charge is 0.338 e. The van der Waals surface area contributed by atoms with Gasteiger partial charge in [0.2, 0.25) is 0 Å². The van der Waals surface area contributed by atoms with E-state index in [1.54, 1.807) is 13.0 Å². The van der Waals surface area contributed by atoms with Crippen LogP contribution in [-0.4, -0.2) is 18.9 Å². The van der Waals surface area contributed by atoms with E-state index in [2.05, 4.69) is 11.3 Å². The van der Waals surface area contributed by atoms with Gasteiger partial charge in [0, 0.05) is 0 Å². The van der Waals surface area contributed by atoms with Gasteiger partial charge in [0.1, 0.15) is 6.61 Å². The summed E-state index contributed by atoms with van der Waals surface area (Å²) in [5.41, 5.74) is 0.367. The summed E-state index contributed by atoms with van der Waals surface area (Å²) in [6.45, 7) is 4.89. The van der Waals surface area contributed by atoms with Crippen LogP contribution in [0.15, 0.2) is 24.3 Å². The van der Waals surface area contributed by atoms with E-state index in [-0.39, 0.29) is 6.61 Å². The third-order valence-corrected chi connectivity index (χ3v) is 1.05. The van der Waals surface area contributed by atoms with Gasteiger partial charge in [-0.2, -0.15) is 0 Å². The van der Waals surface area contributed by atoms with Crippen LogP contribution < -0.4 is 0 Å². The van der Waals surface area contributed by atoms with Crippen molar-refractivity contribution in [2.45, 2.75) is 6.92 Å². The fourth-order valence-corrected chi connectivity index (χ4v) is 0.512. The topological polar surface area (TPSA) is 43.4 Å². The summed E-state index contributed by atoms with van der Waals surface area (Å²) in [4.78, 5) is 20.6. The lowest BCUT2D eigenvalue weighted by molar-refractivity contribution is -0.141. The molecule has 0 spiro atoms. The molecule has 0 aliphatic carbocycles. The molecule has 0 heterocycles. The highest BCUT2D eigenvalue weighted by Gasteiger charge is 2.04. The first-order valence-electron chi connectivity index (χ1n) is 3.15. The lowest BCUT2D eigenvalue weighted by atomic mass is 10.2. The highest BCUT2D eigenvalue weighted by atomic mass is 16.5. The van der Waals surface area contributed by atoms with Crippen LogP contribution in [0.25, 0.3) is 0 Å². The molecular formula is C8H10O3. The molecule has 0 aromatic rings. The van der Waals surface area contributed by atoms with Crippen molar-refractivity contribution in [3.63, 3.8) is 0 Å². The molecule has 3 nitrogen and oxygen atoms in total. The van der Waals surface area contributed by atoms with Gasteiger partial charge >= 0.3 is 5.97 Å². The van der Waals surface area contributed by atoms with Gasteiger partial charge in [-0.15, -0.1) is 0 Å². The van der Waals surface area contributed by atoms with E-state index < -0.39 is 5.97 Å². The van der Waals surface area contributed by atoms with Gasteiger partial charge in [-0.05, 0) is 6.92 Å². The fourth-order valence-electron chi connectivity index (χ4n) is 0.512. The summed E-state index contributed by atoms with van der Waals surface area (Å²) in [6.07, 6.45) is 3.47. The number of esters is 1. The second-order valence-electron chi connectivity index (χ2n) is 1.71. The van der Waals surface area contributed by atoms with Crippen molar-refractivity contribution in [3.05, 3.63) is 24.3 Å². The van der Waals surface area contributed by atoms with Crippen LogP contribution in [0, 0.1) is 0 Å². The maximum Gasteiger partial charge on any atom is 0.338 e. The monoisotopic (exact) mass is 154 g/mol. The normalized spacial score (nSPS) is 10.5. The van der Waals surface area contributed by atoms with Crippen LogP contribution in [0.4, 0.5) is 0 Å². The Morgan fingerprint density at radius 3 is 2.64 bits per heavy atom. The second-order valence-corrected chi connectivity index (χ2v) is 1.71. The lowest BCUT2D eigenvalue weighted by Gasteiger charge is -1.98. The first kappa shape index (κ1) is 9.62. The number of hydrogen-bond donors (Lipinski definition) is 0. The Balaban J connectivity index is 4.00. The minimum Gasteiger partial charge on any atom is -0.454 e. The van der Waals surface area contributed by atoms with Gasteiger partial charge in [-0.1, -0.05) is 18.7 Å². The molecule has 0 aromatic heterocycles. The maximum atomic E-state index is 10.8. The van der Waals surface area contributed by atoms with E-state index in [9.17, 15) is 9.59 Å². The molecule has 0 fully saturated rings. The van der Waals surface area contributed by atoms with E-state index in [1.165, 1.54) is 6.08 Å². The van der Waals surface area contributed by atoms with Gasteiger partial charge in [0.25, 0.3) is 0 Å².